The van der Waals surface area contributed by atoms with E-state index < -0.39 is 11.6 Å². The fourth-order valence-corrected chi connectivity index (χ4v) is 3.20. The minimum atomic E-state index is -1.40. The second-order valence-electron chi connectivity index (χ2n) is 5.87. The van der Waals surface area contributed by atoms with Crippen LogP contribution in [-0.2, 0) is 16.9 Å². The number of fused-ring (bicyclic) bond motifs is 2. The number of hydrogen-bond donors (Lipinski definition) is 3. The molecule has 0 radical (unpaired) electrons. The van der Waals surface area contributed by atoms with Crippen molar-refractivity contribution in [1.29, 1.82) is 0 Å². The number of aliphatic hydroxyl groups excluding tert-OH is 1. The van der Waals surface area contributed by atoms with Crippen molar-refractivity contribution in [2.45, 2.75) is 12.2 Å². The van der Waals surface area contributed by atoms with E-state index in [0.717, 1.165) is 0 Å². The summed E-state index contributed by atoms with van der Waals surface area (Å²) < 4.78 is 10.7. The Morgan fingerprint density at radius 3 is 2.76 bits per heavy atom. The topological polar surface area (TPSA) is 88.0 Å². The molecule has 3 rings (SSSR count). The molecule has 6 nitrogen and oxygen atoms in total. The van der Waals surface area contributed by atoms with Crippen molar-refractivity contribution in [2.75, 3.05) is 26.8 Å². The van der Waals surface area contributed by atoms with Crippen molar-refractivity contribution < 1.29 is 24.5 Å². The van der Waals surface area contributed by atoms with Crippen LogP contribution in [0.2, 0.25) is 0 Å². The maximum atomic E-state index is 12.1. The van der Waals surface area contributed by atoms with Crippen LogP contribution >= 0.6 is 0 Å². The molecule has 3 N–H and O–H groups in total. The zero-order chi connectivity index (χ0) is 17.9. The lowest BCUT2D eigenvalue weighted by atomic mass is 9.82. The van der Waals surface area contributed by atoms with Crippen molar-refractivity contribution in [3.05, 3.63) is 64.7 Å². The predicted molar refractivity (Wildman–Crippen MR) is 91.5 cm³/mol. The molecule has 1 aliphatic heterocycles. The van der Waals surface area contributed by atoms with Gasteiger partial charge in [-0.1, -0.05) is 30.3 Å². The zero-order valence-corrected chi connectivity index (χ0v) is 14.0. The Morgan fingerprint density at radius 1 is 1.24 bits per heavy atom. The molecule has 0 fully saturated rings. The highest BCUT2D eigenvalue weighted by molar-refractivity contribution is 5.91. The Hall–Kier alpha value is -2.41. The molecule has 2 aromatic rings. The molecule has 1 atom stereocenters. The maximum absolute atomic E-state index is 12.1. The van der Waals surface area contributed by atoms with Gasteiger partial charge in [0, 0.05) is 24.2 Å². The van der Waals surface area contributed by atoms with Gasteiger partial charge in [-0.05, 0) is 17.7 Å². The maximum Gasteiger partial charge on any atom is 0.338 e. The number of esters is 1. The first-order valence-electron chi connectivity index (χ1n) is 8.08. The average Bonchev–Trinajstić information content (AvgIpc) is 2.77. The molecule has 0 aliphatic carbocycles. The molecule has 132 valence electrons. The van der Waals surface area contributed by atoms with Crippen LogP contribution in [0, 0.1) is 0 Å². The Morgan fingerprint density at radius 2 is 2.00 bits per heavy atom. The van der Waals surface area contributed by atoms with Crippen molar-refractivity contribution in [1.82, 2.24) is 5.32 Å². The number of methoxy groups -OCH3 is 1. The van der Waals surface area contributed by atoms with Gasteiger partial charge in [0.2, 0.25) is 0 Å². The van der Waals surface area contributed by atoms with E-state index in [1.807, 2.05) is 12.1 Å². The molecule has 6 heteroatoms. The second kappa shape index (κ2) is 7.23. The van der Waals surface area contributed by atoms with Gasteiger partial charge in [0.05, 0.1) is 19.3 Å². The number of hydrogen-bond acceptors (Lipinski definition) is 6. The molecule has 25 heavy (non-hydrogen) atoms. The zero-order valence-electron chi connectivity index (χ0n) is 14.0. The molecule has 0 spiro atoms. The van der Waals surface area contributed by atoms with Crippen LogP contribution in [0.4, 0.5) is 0 Å². The fourth-order valence-electron chi connectivity index (χ4n) is 3.20. The molecular formula is C19H21NO5. The normalized spacial score (nSPS) is 18.5. The van der Waals surface area contributed by atoms with E-state index in [-0.39, 0.29) is 19.8 Å². The lowest BCUT2D eigenvalue weighted by Gasteiger charge is -2.30. The third kappa shape index (κ3) is 3.11. The number of nitrogens with one attached hydrogen (secondary N) is 1. The summed E-state index contributed by atoms with van der Waals surface area (Å²) in [7, 11) is 1.32. The van der Waals surface area contributed by atoms with Crippen LogP contribution < -0.4 is 10.1 Å². The summed E-state index contributed by atoms with van der Waals surface area (Å²) in [4.78, 5) is 12.1. The van der Waals surface area contributed by atoms with Crippen molar-refractivity contribution >= 4 is 5.97 Å². The summed E-state index contributed by atoms with van der Waals surface area (Å²) in [6.07, 6.45) is 0. The summed E-state index contributed by atoms with van der Waals surface area (Å²) in [6.45, 7) is 0.631. The van der Waals surface area contributed by atoms with Gasteiger partial charge in [0.15, 0.2) is 0 Å². The second-order valence-corrected chi connectivity index (χ2v) is 5.87. The van der Waals surface area contributed by atoms with Crippen molar-refractivity contribution in [2.24, 2.45) is 0 Å². The smallest absolute Gasteiger partial charge is 0.338 e. The fraction of sp³-hybridized carbons (Fsp3) is 0.316. The summed E-state index contributed by atoms with van der Waals surface area (Å²) in [5, 5.41) is 23.7. The summed E-state index contributed by atoms with van der Waals surface area (Å²) in [6, 6.07) is 12.4. The van der Waals surface area contributed by atoms with Crippen molar-refractivity contribution in [3.63, 3.8) is 0 Å². The van der Waals surface area contributed by atoms with E-state index in [1.165, 1.54) is 7.11 Å². The van der Waals surface area contributed by atoms with E-state index >= 15 is 0 Å². The third-order valence-corrected chi connectivity index (χ3v) is 4.40. The molecule has 0 bridgehead atoms. The molecule has 2 aromatic carbocycles. The average molecular weight is 343 g/mol. The molecule has 0 aromatic heterocycles. The van der Waals surface area contributed by atoms with E-state index in [9.17, 15) is 9.90 Å². The van der Waals surface area contributed by atoms with Crippen LogP contribution in [0.1, 0.15) is 27.0 Å². The van der Waals surface area contributed by atoms with Crippen LogP contribution in [0.5, 0.6) is 5.75 Å². The van der Waals surface area contributed by atoms with Gasteiger partial charge in [0.1, 0.15) is 18.0 Å². The van der Waals surface area contributed by atoms with Gasteiger partial charge in [-0.3, -0.25) is 0 Å². The molecule has 0 saturated heterocycles. The lowest BCUT2D eigenvalue weighted by molar-refractivity contribution is 0.0596. The predicted octanol–water partition coefficient (Wildman–Crippen LogP) is 1.18. The Balaban J connectivity index is 2.17. The Bertz CT molecular complexity index is 776. The summed E-state index contributed by atoms with van der Waals surface area (Å²) in [5.41, 5.74) is 0.765. The highest BCUT2D eigenvalue weighted by Crippen LogP contribution is 2.41. The number of carbonyl (C=O) groups excluding carboxylic acids is 1. The molecular weight excluding hydrogens is 322 g/mol. The number of carbonyl (C=O) groups is 1. The number of rotatable bonds is 5. The Labute approximate surface area is 146 Å². The van der Waals surface area contributed by atoms with Gasteiger partial charge in [-0.15, -0.1) is 0 Å². The lowest BCUT2D eigenvalue weighted by Crippen LogP contribution is -2.40. The molecule has 1 unspecified atom stereocenters. The van der Waals surface area contributed by atoms with Gasteiger partial charge in [-0.25, -0.2) is 4.79 Å². The minimum absolute atomic E-state index is 0.0384. The van der Waals surface area contributed by atoms with Crippen molar-refractivity contribution in [3.8, 4) is 5.75 Å². The van der Waals surface area contributed by atoms with E-state index in [1.54, 1.807) is 30.3 Å². The SMILES string of the molecule is COC(=O)c1cccc2c1COc1ccccc1C2(O)CNCCO. The van der Waals surface area contributed by atoms with E-state index in [0.29, 0.717) is 34.5 Å². The van der Waals surface area contributed by atoms with E-state index in [4.69, 9.17) is 14.6 Å². The van der Waals surface area contributed by atoms with Crippen LogP contribution in [0.3, 0.4) is 0 Å². The molecule has 0 saturated carbocycles. The van der Waals surface area contributed by atoms with Gasteiger partial charge < -0.3 is 25.0 Å². The minimum Gasteiger partial charge on any atom is -0.488 e. The summed E-state index contributed by atoms with van der Waals surface area (Å²) in [5.74, 6) is 0.0832. The molecule has 1 heterocycles. The standard InChI is InChI=1S/C19H21NO5/c1-24-18(22)13-5-4-7-15-14(13)11-25-17-8-3-2-6-16(17)19(15,23)12-20-9-10-21/h2-8,20-21,23H,9-12H2,1H3. The van der Waals surface area contributed by atoms with Crippen LogP contribution in [0.15, 0.2) is 42.5 Å². The third-order valence-electron chi connectivity index (χ3n) is 4.40. The Kier molecular flexibility index (Phi) is 5.03. The first-order chi connectivity index (χ1) is 12.1. The largest absolute Gasteiger partial charge is 0.488 e. The highest BCUT2D eigenvalue weighted by atomic mass is 16.5. The first kappa shape index (κ1) is 17.4. The van der Waals surface area contributed by atoms with Gasteiger partial charge >= 0.3 is 5.97 Å². The van der Waals surface area contributed by atoms with Crippen LogP contribution in [0.25, 0.3) is 0 Å². The van der Waals surface area contributed by atoms with E-state index in [2.05, 4.69) is 5.32 Å². The number of aliphatic hydroxyl groups is 2. The highest BCUT2D eigenvalue weighted by Gasteiger charge is 2.39. The summed E-state index contributed by atoms with van der Waals surface area (Å²) >= 11 is 0. The monoisotopic (exact) mass is 343 g/mol. The molecule has 0 amide bonds. The quantitative estimate of drug-likeness (QED) is 0.558. The van der Waals surface area contributed by atoms with Gasteiger partial charge in [-0.2, -0.15) is 0 Å². The number of para-hydroxylation sites is 1. The number of ether oxygens (including phenoxy) is 2. The van der Waals surface area contributed by atoms with Gasteiger partial charge in [0.25, 0.3) is 0 Å². The number of benzene rings is 2. The van der Waals surface area contributed by atoms with Crippen LogP contribution in [-0.4, -0.2) is 43.0 Å². The first-order valence-corrected chi connectivity index (χ1v) is 8.08. The molecule has 1 aliphatic rings.